The second-order valence-corrected chi connectivity index (χ2v) is 9.99. The number of carbonyl (C=O) groups excluding carboxylic acids is 2. The third-order valence-electron chi connectivity index (χ3n) is 5.93. The minimum Gasteiger partial charge on any atom is -0.495 e. The molecular weight excluding hydrogens is 470 g/mol. The van der Waals surface area contributed by atoms with Crippen molar-refractivity contribution in [2.75, 3.05) is 24.9 Å². The van der Waals surface area contributed by atoms with Gasteiger partial charge in [0.1, 0.15) is 5.75 Å². The summed E-state index contributed by atoms with van der Waals surface area (Å²) < 4.78 is 38.9. The standard InChI is InChI=1S/C25H27N3O6S/c1-17-12-15-34-23(17)24(29)26-19-10-13-28(14-11-19)25(30)18-6-5-7-20(16-18)35(31,32)27-21-8-3-4-9-22(21)33-2/h3-9,12,15-16,19,27H,10-11,13-14H2,1-2H3,(H,26,29). The van der Waals surface area contributed by atoms with Crippen LogP contribution in [0.2, 0.25) is 0 Å². The highest BCUT2D eigenvalue weighted by Gasteiger charge is 2.27. The quantitative estimate of drug-likeness (QED) is 0.516. The molecule has 184 valence electrons. The molecule has 1 aliphatic rings. The van der Waals surface area contributed by atoms with Gasteiger partial charge in [-0.05, 0) is 56.2 Å². The number of hydrogen-bond donors (Lipinski definition) is 2. The summed E-state index contributed by atoms with van der Waals surface area (Å²) >= 11 is 0. The molecule has 10 heteroatoms. The maximum Gasteiger partial charge on any atom is 0.287 e. The molecule has 2 heterocycles. The maximum atomic E-state index is 13.1. The summed E-state index contributed by atoms with van der Waals surface area (Å²) in [5, 5.41) is 2.95. The van der Waals surface area contributed by atoms with Crippen molar-refractivity contribution in [3.63, 3.8) is 0 Å². The van der Waals surface area contributed by atoms with E-state index in [1.54, 1.807) is 54.3 Å². The Balaban J connectivity index is 1.40. The van der Waals surface area contributed by atoms with Crippen LogP contribution >= 0.6 is 0 Å². The van der Waals surface area contributed by atoms with Crippen LogP contribution in [0, 0.1) is 6.92 Å². The SMILES string of the molecule is COc1ccccc1NS(=O)(=O)c1cccc(C(=O)N2CCC(NC(=O)c3occc3C)CC2)c1. The highest BCUT2D eigenvalue weighted by Crippen LogP contribution is 2.26. The fraction of sp³-hybridized carbons (Fsp3) is 0.280. The largest absolute Gasteiger partial charge is 0.495 e. The van der Waals surface area contributed by atoms with Crippen LogP contribution in [-0.2, 0) is 10.0 Å². The molecule has 1 saturated heterocycles. The number of benzene rings is 2. The number of anilines is 1. The van der Waals surface area contributed by atoms with Crippen molar-refractivity contribution in [3.05, 3.63) is 77.7 Å². The molecule has 0 bridgehead atoms. The average Bonchev–Trinajstić information content (AvgIpc) is 3.30. The number of furan rings is 1. The number of para-hydroxylation sites is 2. The fourth-order valence-corrected chi connectivity index (χ4v) is 5.11. The molecule has 2 aromatic carbocycles. The zero-order chi connectivity index (χ0) is 25.0. The van der Waals surface area contributed by atoms with Gasteiger partial charge in [-0.15, -0.1) is 0 Å². The van der Waals surface area contributed by atoms with E-state index in [4.69, 9.17) is 9.15 Å². The maximum absolute atomic E-state index is 13.1. The molecule has 1 aliphatic heterocycles. The van der Waals surface area contributed by atoms with Crippen molar-refractivity contribution in [3.8, 4) is 5.75 Å². The Morgan fingerprint density at radius 1 is 1.06 bits per heavy atom. The van der Waals surface area contributed by atoms with E-state index in [1.807, 2.05) is 0 Å². The Kier molecular flexibility index (Phi) is 7.11. The van der Waals surface area contributed by atoms with Crippen molar-refractivity contribution >= 4 is 27.5 Å². The van der Waals surface area contributed by atoms with E-state index in [0.29, 0.717) is 43.1 Å². The lowest BCUT2D eigenvalue weighted by Gasteiger charge is -2.32. The Labute approximate surface area is 204 Å². The summed E-state index contributed by atoms with van der Waals surface area (Å²) in [7, 11) is -2.48. The van der Waals surface area contributed by atoms with Crippen LogP contribution in [0.25, 0.3) is 0 Å². The molecule has 2 amide bonds. The summed E-state index contributed by atoms with van der Waals surface area (Å²) in [4.78, 5) is 27.1. The molecule has 35 heavy (non-hydrogen) atoms. The van der Waals surface area contributed by atoms with E-state index >= 15 is 0 Å². The van der Waals surface area contributed by atoms with Crippen LogP contribution in [-0.4, -0.2) is 51.4 Å². The van der Waals surface area contributed by atoms with Crippen LogP contribution < -0.4 is 14.8 Å². The molecule has 0 aliphatic carbocycles. The highest BCUT2D eigenvalue weighted by molar-refractivity contribution is 7.92. The number of carbonyl (C=O) groups is 2. The lowest BCUT2D eigenvalue weighted by molar-refractivity contribution is 0.0695. The normalized spacial score (nSPS) is 14.4. The van der Waals surface area contributed by atoms with Gasteiger partial charge in [-0.3, -0.25) is 14.3 Å². The van der Waals surface area contributed by atoms with Crippen molar-refractivity contribution in [2.45, 2.75) is 30.7 Å². The number of rotatable bonds is 7. The highest BCUT2D eigenvalue weighted by atomic mass is 32.2. The van der Waals surface area contributed by atoms with Crippen molar-refractivity contribution in [2.24, 2.45) is 0 Å². The van der Waals surface area contributed by atoms with Crippen LogP contribution in [0.1, 0.15) is 39.3 Å². The van der Waals surface area contributed by atoms with Crippen molar-refractivity contribution < 1.29 is 27.2 Å². The number of methoxy groups -OCH3 is 1. The van der Waals surface area contributed by atoms with Crippen molar-refractivity contribution in [1.82, 2.24) is 10.2 Å². The third kappa shape index (κ3) is 5.48. The van der Waals surface area contributed by atoms with E-state index in [-0.39, 0.29) is 28.3 Å². The molecule has 2 N–H and O–H groups in total. The number of ether oxygens (including phenoxy) is 1. The molecule has 3 aromatic rings. The van der Waals surface area contributed by atoms with Gasteiger partial charge in [-0.1, -0.05) is 18.2 Å². The van der Waals surface area contributed by atoms with Crippen LogP contribution in [0.15, 0.2) is 70.2 Å². The smallest absolute Gasteiger partial charge is 0.287 e. The number of nitrogens with zero attached hydrogens (tertiary/aromatic N) is 1. The Hall–Kier alpha value is -3.79. The molecule has 0 saturated carbocycles. The summed E-state index contributed by atoms with van der Waals surface area (Å²) in [6.07, 6.45) is 2.65. The molecule has 0 spiro atoms. The van der Waals surface area contributed by atoms with Gasteiger partial charge in [-0.25, -0.2) is 8.42 Å². The lowest BCUT2D eigenvalue weighted by atomic mass is 10.0. The van der Waals surface area contributed by atoms with Gasteiger partial charge in [-0.2, -0.15) is 0 Å². The van der Waals surface area contributed by atoms with Crippen molar-refractivity contribution in [1.29, 1.82) is 0 Å². The van der Waals surface area contributed by atoms with Gasteiger partial charge in [0.05, 0.1) is 24.0 Å². The summed E-state index contributed by atoms with van der Waals surface area (Å²) in [5.74, 6) is 0.160. The second-order valence-electron chi connectivity index (χ2n) is 8.31. The predicted molar refractivity (Wildman–Crippen MR) is 130 cm³/mol. The molecule has 4 rings (SSSR count). The van der Waals surface area contributed by atoms with Gasteiger partial charge in [0.25, 0.3) is 21.8 Å². The molecule has 9 nitrogen and oxygen atoms in total. The molecular formula is C25H27N3O6S. The average molecular weight is 498 g/mol. The minimum absolute atomic E-state index is 0.0229. The monoisotopic (exact) mass is 497 g/mol. The Morgan fingerprint density at radius 2 is 1.80 bits per heavy atom. The second kappa shape index (κ2) is 10.2. The van der Waals surface area contributed by atoms with Gasteiger partial charge < -0.3 is 19.4 Å². The van der Waals surface area contributed by atoms with Gasteiger partial charge in [0.2, 0.25) is 0 Å². The first-order chi connectivity index (χ1) is 16.8. The van der Waals surface area contributed by atoms with Crippen LogP contribution in [0.4, 0.5) is 5.69 Å². The van der Waals surface area contributed by atoms with Gasteiger partial charge in [0.15, 0.2) is 5.76 Å². The summed E-state index contributed by atoms with van der Waals surface area (Å²) in [6.45, 7) is 2.69. The number of hydrogen-bond acceptors (Lipinski definition) is 6. The van der Waals surface area contributed by atoms with Gasteiger partial charge in [0, 0.05) is 30.3 Å². The van der Waals surface area contributed by atoms with E-state index < -0.39 is 10.0 Å². The molecule has 0 unspecified atom stereocenters. The summed E-state index contributed by atoms with van der Waals surface area (Å²) in [5.41, 5.74) is 1.35. The number of nitrogens with one attached hydrogen (secondary N) is 2. The topological polar surface area (TPSA) is 118 Å². The third-order valence-corrected chi connectivity index (χ3v) is 7.29. The van der Waals surface area contributed by atoms with Gasteiger partial charge >= 0.3 is 0 Å². The van der Waals surface area contributed by atoms with Crippen LogP contribution in [0.5, 0.6) is 5.75 Å². The Morgan fingerprint density at radius 3 is 2.49 bits per heavy atom. The van der Waals surface area contributed by atoms with E-state index in [0.717, 1.165) is 5.56 Å². The minimum atomic E-state index is -3.94. The predicted octanol–water partition coefficient (Wildman–Crippen LogP) is 3.43. The van der Waals surface area contributed by atoms with Crippen LogP contribution in [0.3, 0.4) is 0 Å². The fourth-order valence-electron chi connectivity index (χ4n) is 3.99. The molecule has 0 radical (unpaired) electrons. The number of piperidine rings is 1. The summed E-state index contributed by atoms with van der Waals surface area (Å²) in [6, 6.07) is 14.3. The lowest BCUT2D eigenvalue weighted by Crippen LogP contribution is -2.46. The number of likely N-dealkylation sites (tertiary alicyclic amines) is 1. The molecule has 0 atom stereocenters. The van der Waals surface area contributed by atoms with E-state index in [2.05, 4.69) is 10.0 Å². The first kappa shape index (κ1) is 24.3. The van der Waals surface area contributed by atoms with E-state index in [9.17, 15) is 18.0 Å². The number of sulfonamides is 1. The first-order valence-electron chi connectivity index (χ1n) is 11.2. The number of aryl methyl sites for hydroxylation is 1. The molecule has 1 aromatic heterocycles. The Bertz CT molecular complexity index is 1330. The molecule has 1 fully saturated rings. The van der Waals surface area contributed by atoms with E-state index in [1.165, 1.54) is 25.5 Å². The number of amides is 2. The first-order valence-corrected chi connectivity index (χ1v) is 12.7. The zero-order valence-corrected chi connectivity index (χ0v) is 20.3. The zero-order valence-electron chi connectivity index (χ0n) is 19.5.